The maximum atomic E-state index is 13.5. The summed E-state index contributed by atoms with van der Waals surface area (Å²) in [6.07, 6.45) is 4.23. The number of hydrazine groups is 1. The molecule has 0 saturated carbocycles. The lowest BCUT2D eigenvalue weighted by atomic mass is 10.1. The van der Waals surface area contributed by atoms with Gasteiger partial charge in [0.1, 0.15) is 11.6 Å². The highest BCUT2D eigenvalue weighted by Crippen LogP contribution is 2.18. The van der Waals surface area contributed by atoms with Gasteiger partial charge in [0.25, 0.3) is 0 Å². The van der Waals surface area contributed by atoms with Crippen LogP contribution in [0.15, 0.2) is 41.7 Å². The minimum Gasteiger partial charge on any atom is -0.348 e. The van der Waals surface area contributed by atoms with E-state index in [0.717, 1.165) is 18.3 Å². The van der Waals surface area contributed by atoms with E-state index in [1.807, 2.05) is 11.1 Å². The summed E-state index contributed by atoms with van der Waals surface area (Å²) in [5.74, 6) is -1.56. The molecule has 0 radical (unpaired) electrons. The Labute approximate surface area is 126 Å². The van der Waals surface area contributed by atoms with Crippen LogP contribution in [0.25, 0.3) is 0 Å². The summed E-state index contributed by atoms with van der Waals surface area (Å²) in [6.45, 7) is 1.40. The zero-order chi connectivity index (χ0) is 15.5. The molecule has 2 aliphatic heterocycles. The number of allylic oxidation sites excluding steroid dienone is 1. The largest absolute Gasteiger partial charge is 0.348 e. The van der Waals surface area contributed by atoms with E-state index in [-0.39, 0.29) is 18.0 Å². The van der Waals surface area contributed by atoms with Gasteiger partial charge in [-0.3, -0.25) is 15.1 Å². The predicted octanol–water partition coefficient (Wildman–Crippen LogP) is 1.12. The number of fused-ring (bicyclic) bond motifs is 1. The number of carbonyl (C=O) groups excluding carboxylic acids is 1. The van der Waals surface area contributed by atoms with Gasteiger partial charge in [0.05, 0.1) is 6.67 Å². The predicted molar refractivity (Wildman–Crippen MR) is 76.8 cm³/mol. The SMILES string of the molecule is O=C(NCc1ccc(F)cc1F)C1=CN2NCNCC2=CC1. The lowest BCUT2D eigenvalue weighted by Gasteiger charge is -2.33. The Hall–Kier alpha value is -2.25. The Morgan fingerprint density at radius 3 is 3.05 bits per heavy atom. The number of hydrogen-bond acceptors (Lipinski definition) is 4. The molecule has 5 nitrogen and oxygen atoms in total. The highest BCUT2D eigenvalue weighted by atomic mass is 19.1. The molecule has 7 heteroatoms. The van der Waals surface area contributed by atoms with Crippen molar-refractivity contribution in [3.63, 3.8) is 0 Å². The molecule has 2 aliphatic rings. The molecule has 1 fully saturated rings. The molecule has 0 atom stereocenters. The van der Waals surface area contributed by atoms with Crippen LogP contribution < -0.4 is 16.1 Å². The molecule has 1 aromatic carbocycles. The van der Waals surface area contributed by atoms with Crippen LogP contribution in [-0.2, 0) is 11.3 Å². The quantitative estimate of drug-likeness (QED) is 0.783. The molecule has 116 valence electrons. The molecule has 1 saturated heterocycles. The molecule has 22 heavy (non-hydrogen) atoms. The molecule has 2 heterocycles. The van der Waals surface area contributed by atoms with Crippen molar-refractivity contribution in [2.75, 3.05) is 13.2 Å². The van der Waals surface area contributed by atoms with Crippen LogP contribution in [0.1, 0.15) is 12.0 Å². The molecule has 0 unspecified atom stereocenters. The van der Waals surface area contributed by atoms with E-state index in [2.05, 4.69) is 16.1 Å². The fourth-order valence-corrected chi connectivity index (χ4v) is 2.36. The third kappa shape index (κ3) is 3.15. The molecule has 0 aromatic heterocycles. The van der Waals surface area contributed by atoms with E-state index in [9.17, 15) is 13.6 Å². The first kappa shape index (κ1) is 14.7. The van der Waals surface area contributed by atoms with Gasteiger partial charge in [0, 0.05) is 42.2 Å². The summed E-state index contributed by atoms with van der Waals surface area (Å²) < 4.78 is 26.4. The minimum absolute atomic E-state index is 0.0217. The average Bonchev–Trinajstić information content (AvgIpc) is 2.53. The second-order valence-corrected chi connectivity index (χ2v) is 5.10. The van der Waals surface area contributed by atoms with Gasteiger partial charge in [-0.2, -0.15) is 0 Å². The van der Waals surface area contributed by atoms with Crippen LogP contribution in [0.3, 0.4) is 0 Å². The number of nitrogens with zero attached hydrogens (tertiary/aromatic N) is 1. The monoisotopic (exact) mass is 306 g/mol. The van der Waals surface area contributed by atoms with Gasteiger partial charge in [0.15, 0.2) is 0 Å². The Balaban J connectivity index is 1.61. The highest BCUT2D eigenvalue weighted by molar-refractivity contribution is 5.93. The zero-order valence-electron chi connectivity index (χ0n) is 11.8. The van der Waals surface area contributed by atoms with Gasteiger partial charge in [-0.05, 0) is 12.5 Å². The van der Waals surface area contributed by atoms with Gasteiger partial charge >= 0.3 is 0 Å². The lowest BCUT2D eigenvalue weighted by molar-refractivity contribution is -0.117. The highest BCUT2D eigenvalue weighted by Gasteiger charge is 2.20. The second kappa shape index (κ2) is 6.25. The van der Waals surface area contributed by atoms with E-state index in [0.29, 0.717) is 18.7 Å². The molecule has 1 amide bonds. The van der Waals surface area contributed by atoms with Crippen LogP contribution in [-0.4, -0.2) is 24.1 Å². The van der Waals surface area contributed by atoms with E-state index in [1.165, 1.54) is 12.1 Å². The van der Waals surface area contributed by atoms with Gasteiger partial charge in [0.2, 0.25) is 5.91 Å². The van der Waals surface area contributed by atoms with Crippen molar-refractivity contribution in [1.82, 2.24) is 21.1 Å². The normalized spacial score (nSPS) is 17.5. The van der Waals surface area contributed by atoms with Crippen molar-refractivity contribution in [2.24, 2.45) is 0 Å². The Morgan fingerprint density at radius 2 is 2.23 bits per heavy atom. The van der Waals surface area contributed by atoms with Crippen LogP contribution in [0, 0.1) is 11.6 Å². The van der Waals surface area contributed by atoms with Crippen LogP contribution in [0.5, 0.6) is 0 Å². The molecule has 0 bridgehead atoms. The Kier molecular flexibility index (Phi) is 4.17. The number of amides is 1. The minimum atomic E-state index is -0.663. The van der Waals surface area contributed by atoms with Crippen molar-refractivity contribution in [2.45, 2.75) is 13.0 Å². The summed E-state index contributed by atoms with van der Waals surface area (Å²) >= 11 is 0. The maximum Gasteiger partial charge on any atom is 0.249 e. The van der Waals surface area contributed by atoms with Gasteiger partial charge in [-0.1, -0.05) is 12.1 Å². The first-order valence-electron chi connectivity index (χ1n) is 6.99. The number of halogens is 2. The standard InChI is InChI=1S/C15H16F2N4O/c16-12-3-1-10(14(17)5-12)6-19-15(22)11-2-4-13-7-18-9-20-21(13)8-11/h1,3-5,8,18,20H,2,6-7,9H2,(H,19,22). The van der Waals surface area contributed by atoms with Crippen molar-refractivity contribution < 1.29 is 13.6 Å². The van der Waals surface area contributed by atoms with Crippen molar-refractivity contribution in [3.05, 3.63) is 58.9 Å². The van der Waals surface area contributed by atoms with Crippen LogP contribution in [0.4, 0.5) is 8.78 Å². The topological polar surface area (TPSA) is 56.4 Å². The number of benzene rings is 1. The van der Waals surface area contributed by atoms with E-state index < -0.39 is 11.6 Å². The summed E-state index contributed by atoms with van der Waals surface area (Å²) in [6, 6.07) is 3.31. The van der Waals surface area contributed by atoms with Crippen LogP contribution in [0.2, 0.25) is 0 Å². The molecule has 0 aliphatic carbocycles. The summed E-state index contributed by atoms with van der Waals surface area (Å²) in [7, 11) is 0. The number of nitrogens with one attached hydrogen (secondary N) is 3. The average molecular weight is 306 g/mol. The molecule has 1 aromatic rings. The fraction of sp³-hybridized carbons (Fsp3) is 0.267. The van der Waals surface area contributed by atoms with E-state index in [4.69, 9.17) is 0 Å². The molecule has 0 spiro atoms. The zero-order valence-corrected chi connectivity index (χ0v) is 11.8. The van der Waals surface area contributed by atoms with Gasteiger partial charge in [-0.25, -0.2) is 14.2 Å². The first-order chi connectivity index (χ1) is 10.6. The summed E-state index contributed by atoms with van der Waals surface area (Å²) in [4.78, 5) is 12.1. The van der Waals surface area contributed by atoms with Crippen molar-refractivity contribution in [3.8, 4) is 0 Å². The summed E-state index contributed by atoms with van der Waals surface area (Å²) in [5.41, 5.74) is 4.99. The molecule has 3 rings (SSSR count). The van der Waals surface area contributed by atoms with Gasteiger partial charge in [-0.15, -0.1) is 0 Å². The third-order valence-electron chi connectivity index (χ3n) is 3.58. The lowest BCUT2D eigenvalue weighted by Crippen LogP contribution is -2.49. The third-order valence-corrected chi connectivity index (χ3v) is 3.58. The van der Waals surface area contributed by atoms with Crippen molar-refractivity contribution in [1.29, 1.82) is 0 Å². The van der Waals surface area contributed by atoms with Gasteiger partial charge < -0.3 is 5.32 Å². The molecular formula is C15H16F2N4O. The Morgan fingerprint density at radius 1 is 1.36 bits per heavy atom. The summed E-state index contributed by atoms with van der Waals surface area (Å²) in [5, 5.41) is 7.63. The fourth-order valence-electron chi connectivity index (χ4n) is 2.36. The second-order valence-electron chi connectivity index (χ2n) is 5.10. The molecular weight excluding hydrogens is 290 g/mol. The van der Waals surface area contributed by atoms with E-state index in [1.54, 1.807) is 6.20 Å². The van der Waals surface area contributed by atoms with Crippen LogP contribution >= 0.6 is 0 Å². The van der Waals surface area contributed by atoms with E-state index >= 15 is 0 Å². The number of hydrogen-bond donors (Lipinski definition) is 3. The number of carbonyl (C=O) groups is 1. The van der Waals surface area contributed by atoms with Crippen molar-refractivity contribution >= 4 is 5.91 Å². The smallest absolute Gasteiger partial charge is 0.249 e. The molecule has 3 N–H and O–H groups in total. The first-order valence-corrected chi connectivity index (χ1v) is 6.99. The Bertz CT molecular complexity index is 657. The maximum absolute atomic E-state index is 13.5. The number of rotatable bonds is 3.